The van der Waals surface area contributed by atoms with Gasteiger partial charge < -0.3 is 10.1 Å². The fraction of sp³-hybridized carbons (Fsp3) is 0.278. The van der Waals surface area contributed by atoms with Gasteiger partial charge in [-0.1, -0.05) is 112 Å². The van der Waals surface area contributed by atoms with E-state index < -0.39 is 0 Å². The van der Waals surface area contributed by atoms with Crippen LogP contribution in [0.25, 0.3) is 10.8 Å². The molecule has 1 N–H and O–H groups in total. The Morgan fingerprint density at radius 1 is 0.846 bits per heavy atom. The highest BCUT2D eigenvalue weighted by molar-refractivity contribution is 5.96. The van der Waals surface area contributed by atoms with Crippen molar-refractivity contribution in [2.75, 3.05) is 0 Å². The lowest BCUT2D eigenvalue weighted by Crippen LogP contribution is -2.28. The normalized spacial score (nSPS) is 10.5. The number of nitrogens with one attached hydrogen (secondary N) is 1. The Bertz CT molecular complexity index is 1270. The summed E-state index contributed by atoms with van der Waals surface area (Å²) >= 11 is 0. The fourth-order valence-electron chi connectivity index (χ4n) is 4.45. The van der Waals surface area contributed by atoms with E-state index in [1.165, 1.54) is 27.5 Å². The Morgan fingerprint density at radius 3 is 2.13 bits per heavy atom. The van der Waals surface area contributed by atoms with E-state index >= 15 is 0 Å². The van der Waals surface area contributed by atoms with Gasteiger partial charge in [0.2, 0.25) is 0 Å². The zero-order valence-electron chi connectivity index (χ0n) is 24.4. The number of hydrogen-bond acceptors (Lipinski definition) is 2. The maximum Gasteiger partial charge on any atom is 0.252 e. The fourth-order valence-corrected chi connectivity index (χ4v) is 4.45. The van der Waals surface area contributed by atoms with Gasteiger partial charge in [-0.15, -0.1) is 13.2 Å². The molecule has 0 bridgehead atoms. The van der Waals surface area contributed by atoms with Crippen molar-refractivity contribution >= 4 is 23.5 Å². The van der Waals surface area contributed by atoms with Gasteiger partial charge in [0, 0.05) is 5.56 Å². The van der Waals surface area contributed by atoms with Crippen LogP contribution in [0.4, 0.5) is 0 Å². The zero-order valence-corrected chi connectivity index (χ0v) is 24.4. The predicted molar refractivity (Wildman–Crippen MR) is 169 cm³/mol. The summed E-state index contributed by atoms with van der Waals surface area (Å²) in [6.45, 7) is 18.4. The standard InChI is InChI=1S/C31H33NO.C2H6.C2H4.CH2O/c1-4-5-9-27-19-18-25(20-24-16-14-22(2)15-17-24)21-30(27)31(33)32-23(3)28-13-8-11-26-10-6-7-12-29(26)28;3*1-2/h6-8,10-19,21,23H,4-5,9,20H2,1-3H3,(H,32,33);1-2H3;1-2H2;1H2/t23-;;;/m1.../s1. The molecule has 0 aliphatic carbocycles. The molecule has 0 radical (unpaired) electrons. The molecule has 0 aliphatic rings. The Labute approximate surface area is 236 Å². The first kappa shape index (κ1) is 33.0. The number of benzene rings is 4. The summed E-state index contributed by atoms with van der Waals surface area (Å²) in [4.78, 5) is 21.5. The smallest absolute Gasteiger partial charge is 0.252 e. The number of hydrogen-bond donors (Lipinski definition) is 1. The highest BCUT2D eigenvalue weighted by Crippen LogP contribution is 2.25. The maximum absolute atomic E-state index is 13.5. The second-order valence-corrected chi connectivity index (χ2v) is 9.02. The topological polar surface area (TPSA) is 46.2 Å². The molecule has 0 heterocycles. The highest BCUT2D eigenvalue weighted by Gasteiger charge is 2.17. The third-order valence-corrected chi connectivity index (χ3v) is 6.38. The molecule has 39 heavy (non-hydrogen) atoms. The number of rotatable bonds is 8. The van der Waals surface area contributed by atoms with Gasteiger partial charge in [-0.3, -0.25) is 4.79 Å². The third-order valence-electron chi connectivity index (χ3n) is 6.38. The molecular formula is C36H45NO2. The van der Waals surface area contributed by atoms with Crippen molar-refractivity contribution in [2.45, 2.75) is 66.3 Å². The lowest BCUT2D eigenvalue weighted by atomic mass is 9.95. The Morgan fingerprint density at radius 2 is 1.46 bits per heavy atom. The number of aryl methyl sites for hydroxylation is 2. The maximum atomic E-state index is 13.5. The monoisotopic (exact) mass is 523 g/mol. The molecule has 4 aromatic rings. The summed E-state index contributed by atoms with van der Waals surface area (Å²) < 4.78 is 0. The molecule has 4 rings (SSSR count). The van der Waals surface area contributed by atoms with E-state index in [0.29, 0.717) is 0 Å². The zero-order chi connectivity index (χ0) is 29.2. The number of carbonyl (C=O) groups is 2. The minimum absolute atomic E-state index is 0.00675. The first-order valence-electron chi connectivity index (χ1n) is 13.8. The van der Waals surface area contributed by atoms with E-state index in [4.69, 9.17) is 4.79 Å². The van der Waals surface area contributed by atoms with E-state index in [-0.39, 0.29) is 11.9 Å². The van der Waals surface area contributed by atoms with E-state index in [0.717, 1.165) is 42.4 Å². The van der Waals surface area contributed by atoms with Gasteiger partial charge in [0.1, 0.15) is 6.79 Å². The van der Waals surface area contributed by atoms with Crippen LogP contribution in [0.3, 0.4) is 0 Å². The largest absolute Gasteiger partial charge is 0.345 e. The summed E-state index contributed by atoms with van der Waals surface area (Å²) in [5, 5.41) is 5.66. The van der Waals surface area contributed by atoms with Gasteiger partial charge in [0.25, 0.3) is 5.91 Å². The molecule has 0 unspecified atom stereocenters. The summed E-state index contributed by atoms with van der Waals surface area (Å²) in [6.07, 6.45) is 3.94. The summed E-state index contributed by atoms with van der Waals surface area (Å²) in [7, 11) is 0. The molecule has 3 heteroatoms. The average molecular weight is 524 g/mol. The molecule has 0 fully saturated rings. The third kappa shape index (κ3) is 9.68. The number of unbranched alkanes of at least 4 members (excludes halogenated alkanes) is 1. The van der Waals surface area contributed by atoms with Crippen LogP contribution in [0.2, 0.25) is 0 Å². The first-order chi connectivity index (χ1) is 19.0. The summed E-state index contributed by atoms with van der Waals surface area (Å²) in [5.74, 6) is 0.00675. The second-order valence-electron chi connectivity index (χ2n) is 9.02. The molecule has 0 saturated heterocycles. The lowest BCUT2D eigenvalue weighted by Gasteiger charge is -2.19. The SMILES string of the molecule is C=C.C=O.CC.CCCCc1ccc(Cc2ccc(C)cc2)cc1C(=O)N[C@H](C)c1cccc2ccccc12. The predicted octanol–water partition coefficient (Wildman–Crippen LogP) is 9.22. The van der Waals surface area contributed by atoms with Crippen LogP contribution in [0.1, 0.15) is 84.8 Å². The second kappa shape index (κ2) is 18.3. The molecule has 4 aromatic carbocycles. The van der Waals surface area contributed by atoms with Crippen molar-refractivity contribution in [3.63, 3.8) is 0 Å². The minimum atomic E-state index is -0.0802. The molecule has 0 saturated carbocycles. The molecular weight excluding hydrogens is 478 g/mol. The van der Waals surface area contributed by atoms with Crippen molar-refractivity contribution < 1.29 is 9.59 Å². The van der Waals surface area contributed by atoms with E-state index in [1.807, 2.05) is 20.6 Å². The van der Waals surface area contributed by atoms with Crippen LogP contribution in [0.5, 0.6) is 0 Å². The van der Waals surface area contributed by atoms with Gasteiger partial charge in [-0.05, 0) is 72.2 Å². The van der Waals surface area contributed by atoms with Crippen molar-refractivity contribution in [3.8, 4) is 0 Å². The molecule has 1 atom stereocenters. The molecule has 1 amide bonds. The van der Waals surface area contributed by atoms with Crippen LogP contribution < -0.4 is 5.32 Å². The quantitative estimate of drug-likeness (QED) is 0.234. The van der Waals surface area contributed by atoms with Gasteiger partial charge in [-0.2, -0.15) is 0 Å². The molecule has 0 aliphatic heterocycles. The van der Waals surface area contributed by atoms with Crippen LogP contribution in [-0.2, 0) is 17.6 Å². The van der Waals surface area contributed by atoms with E-state index in [2.05, 4.69) is 124 Å². The van der Waals surface area contributed by atoms with Crippen LogP contribution in [0, 0.1) is 6.92 Å². The number of carbonyl (C=O) groups excluding carboxylic acids is 2. The molecule has 3 nitrogen and oxygen atoms in total. The Kier molecular flexibility index (Phi) is 15.5. The first-order valence-corrected chi connectivity index (χ1v) is 13.8. The average Bonchev–Trinajstić information content (AvgIpc) is 3.00. The number of amides is 1. The molecule has 0 spiro atoms. The van der Waals surface area contributed by atoms with Crippen LogP contribution in [0.15, 0.2) is 98.1 Å². The van der Waals surface area contributed by atoms with Gasteiger partial charge >= 0.3 is 0 Å². The van der Waals surface area contributed by atoms with Crippen molar-refractivity contribution in [1.82, 2.24) is 5.32 Å². The van der Waals surface area contributed by atoms with Crippen LogP contribution >= 0.6 is 0 Å². The van der Waals surface area contributed by atoms with Crippen molar-refractivity contribution in [1.29, 1.82) is 0 Å². The van der Waals surface area contributed by atoms with Crippen molar-refractivity contribution in [2.24, 2.45) is 0 Å². The minimum Gasteiger partial charge on any atom is -0.345 e. The van der Waals surface area contributed by atoms with E-state index in [9.17, 15) is 4.79 Å². The Balaban J connectivity index is 0.00000119. The highest BCUT2D eigenvalue weighted by atomic mass is 16.1. The lowest BCUT2D eigenvalue weighted by molar-refractivity contribution is -0.0980. The summed E-state index contributed by atoms with van der Waals surface area (Å²) in [5.41, 5.74) is 6.77. The van der Waals surface area contributed by atoms with Gasteiger partial charge in [-0.25, -0.2) is 0 Å². The van der Waals surface area contributed by atoms with Crippen molar-refractivity contribution in [3.05, 3.63) is 131 Å². The summed E-state index contributed by atoms with van der Waals surface area (Å²) in [6, 6.07) is 29.6. The van der Waals surface area contributed by atoms with Gasteiger partial charge in [0.15, 0.2) is 0 Å². The molecule has 206 valence electrons. The Hall–Kier alpha value is -3.98. The molecule has 0 aromatic heterocycles. The van der Waals surface area contributed by atoms with E-state index in [1.54, 1.807) is 0 Å². The number of fused-ring (bicyclic) bond motifs is 1. The van der Waals surface area contributed by atoms with Gasteiger partial charge in [0.05, 0.1) is 6.04 Å². The van der Waals surface area contributed by atoms with Crippen LogP contribution in [-0.4, -0.2) is 12.7 Å².